The molecule has 0 aromatic rings. The Morgan fingerprint density at radius 2 is 2.18 bits per heavy atom. The molecule has 0 heterocycles. The van der Waals surface area contributed by atoms with E-state index in [1.165, 1.54) is 25.7 Å². The van der Waals surface area contributed by atoms with Gasteiger partial charge in [-0.2, -0.15) is 0 Å². The van der Waals surface area contributed by atoms with Gasteiger partial charge >= 0.3 is 0 Å². The van der Waals surface area contributed by atoms with Crippen molar-refractivity contribution in [3.05, 3.63) is 12.2 Å². The Morgan fingerprint density at radius 3 is 2.76 bits per heavy atom. The predicted octanol–water partition coefficient (Wildman–Crippen LogP) is 2.98. The fourth-order valence-corrected chi connectivity index (χ4v) is 2.69. The third-order valence-corrected chi connectivity index (χ3v) is 3.59. The topological polar surface area (TPSA) is 32.3 Å². The minimum atomic E-state index is 0.325. The molecule has 0 aromatic heterocycles. The Balaban J connectivity index is 2.14. The maximum absolute atomic E-state index is 9.06. The van der Waals surface area contributed by atoms with E-state index in [1.54, 1.807) is 0 Å². The Kier molecular flexibility index (Phi) is 7.54. The van der Waals surface area contributed by atoms with Crippen LogP contribution in [0.4, 0.5) is 0 Å². The van der Waals surface area contributed by atoms with Gasteiger partial charge in [0.25, 0.3) is 0 Å². The van der Waals surface area contributed by atoms with Gasteiger partial charge in [0.2, 0.25) is 0 Å². The summed E-state index contributed by atoms with van der Waals surface area (Å²) < 4.78 is 0. The minimum absolute atomic E-state index is 0.325. The largest absolute Gasteiger partial charge is 0.396 e. The lowest BCUT2D eigenvalue weighted by Gasteiger charge is -2.22. The molecule has 1 aliphatic carbocycles. The number of hydrogen-bond donors (Lipinski definition) is 2. The Bertz CT molecular complexity index is 213. The third-order valence-electron chi connectivity index (χ3n) is 3.59. The summed E-state index contributed by atoms with van der Waals surface area (Å²) in [5.74, 6) is 2.19. The molecule has 0 aromatic carbocycles. The van der Waals surface area contributed by atoms with E-state index >= 15 is 0 Å². The summed E-state index contributed by atoms with van der Waals surface area (Å²) in [5.41, 5.74) is 0. The fraction of sp³-hybridized carbons (Fsp3) is 0.867. The van der Waals surface area contributed by atoms with E-state index in [0.717, 1.165) is 31.3 Å². The van der Waals surface area contributed by atoms with Crippen molar-refractivity contribution in [3.8, 4) is 0 Å². The van der Waals surface area contributed by atoms with Crippen LogP contribution in [0, 0.1) is 17.8 Å². The van der Waals surface area contributed by atoms with E-state index in [0.29, 0.717) is 12.5 Å². The molecule has 0 fully saturated rings. The predicted molar refractivity (Wildman–Crippen MR) is 74.0 cm³/mol. The lowest BCUT2D eigenvalue weighted by atomic mass is 9.92. The molecule has 2 heteroatoms. The van der Waals surface area contributed by atoms with Gasteiger partial charge in [-0.25, -0.2) is 0 Å². The van der Waals surface area contributed by atoms with Crippen LogP contribution in [-0.2, 0) is 0 Å². The molecule has 0 spiro atoms. The molecule has 0 amide bonds. The van der Waals surface area contributed by atoms with Crippen molar-refractivity contribution in [1.29, 1.82) is 0 Å². The molecule has 17 heavy (non-hydrogen) atoms. The molecule has 0 bridgehead atoms. The summed E-state index contributed by atoms with van der Waals surface area (Å²) in [6.07, 6.45) is 10.6. The first-order chi connectivity index (χ1) is 8.22. The zero-order chi connectivity index (χ0) is 12.5. The smallest absolute Gasteiger partial charge is 0.0434 e. The summed E-state index contributed by atoms with van der Waals surface area (Å²) in [6, 6.07) is 0. The van der Waals surface area contributed by atoms with E-state index in [-0.39, 0.29) is 0 Å². The van der Waals surface area contributed by atoms with E-state index in [9.17, 15) is 0 Å². The summed E-state index contributed by atoms with van der Waals surface area (Å²) in [4.78, 5) is 0. The van der Waals surface area contributed by atoms with Gasteiger partial charge in [-0.15, -0.1) is 0 Å². The van der Waals surface area contributed by atoms with Gasteiger partial charge in [0.15, 0.2) is 0 Å². The van der Waals surface area contributed by atoms with E-state index in [2.05, 4.69) is 31.3 Å². The zero-order valence-corrected chi connectivity index (χ0v) is 11.5. The second-order valence-corrected chi connectivity index (χ2v) is 5.82. The van der Waals surface area contributed by atoms with Gasteiger partial charge < -0.3 is 10.4 Å². The van der Waals surface area contributed by atoms with Crippen LogP contribution >= 0.6 is 0 Å². The first-order valence-corrected chi connectivity index (χ1v) is 7.19. The van der Waals surface area contributed by atoms with Crippen LogP contribution in [0.25, 0.3) is 0 Å². The molecular weight excluding hydrogens is 210 g/mol. The SMILES string of the molecule is CC(C)CC(CCO)CNCC1CC=CCC1. The molecule has 2 unspecified atom stereocenters. The molecule has 1 rings (SSSR count). The van der Waals surface area contributed by atoms with E-state index in [1.807, 2.05) is 0 Å². The van der Waals surface area contributed by atoms with Crippen molar-refractivity contribution in [2.24, 2.45) is 17.8 Å². The molecule has 2 N–H and O–H groups in total. The van der Waals surface area contributed by atoms with Gasteiger partial charge in [0.1, 0.15) is 0 Å². The van der Waals surface area contributed by atoms with Crippen molar-refractivity contribution in [3.63, 3.8) is 0 Å². The van der Waals surface area contributed by atoms with Gasteiger partial charge in [-0.1, -0.05) is 26.0 Å². The fourth-order valence-electron chi connectivity index (χ4n) is 2.69. The van der Waals surface area contributed by atoms with Crippen LogP contribution in [0.1, 0.15) is 46.0 Å². The lowest BCUT2D eigenvalue weighted by Crippen LogP contribution is -2.29. The van der Waals surface area contributed by atoms with Gasteiger partial charge in [0, 0.05) is 6.61 Å². The van der Waals surface area contributed by atoms with Crippen LogP contribution in [0.5, 0.6) is 0 Å². The van der Waals surface area contributed by atoms with Crippen molar-refractivity contribution < 1.29 is 5.11 Å². The van der Waals surface area contributed by atoms with Gasteiger partial charge in [0.05, 0.1) is 0 Å². The average Bonchev–Trinajstić information content (AvgIpc) is 2.30. The van der Waals surface area contributed by atoms with Crippen molar-refractivity contribution in [2.75, 3.05) is 19.7 Å². The molecule has 2 atom stereocenters. The second-order valence-electron chi connectivity index (χ2n) is 5.82. The van der Waals surface area contributed by atoms with Crippen molar-refractivity contribution in [1.82, 2.24) is 5.32 Å². The molecule has 0 radical (unpaired) electrons. The average molecular weight is 239 g/mol. The summed E-state index contributed by atoms with van der Waals surface area (Å²) >= 11 is 0. The number of rotatable bonds is 8. The second kappa shape index (κ2) is 8.71. The van der Waals surface area contributed by atoms with Crippen LogP contribution in [0.3, 0.4) is 0 Å². The van der Waals surface area contributed by atoms with E-state index < -0.39 is 0 Å². The number of nitrogens with one attached hydrogen (secondary N) is 1. The van der Waals surface area contributed by atoms with Crippen LogP contribution in [0.2, 0.25) is 0 Å². The highest BCUT2D eigenvalue weighted by Crippen LogP contribution is 2.18. The van der Waals surface area contributed by atoms with Crippen molar-refractivity contribution >= 4 is 0 Å². The first-order valence-electron chi connectivity index (χ1n) is 7.19. The van der Waals surface area contributed by atoms with Crippen LogP contribution < -0.4 is 5.32 Å². The number of aliphatic hydroxyl groups is 1. The molecule has 0 saturated heterocycles. The normalized spacial score (nSPS) is 22.0. The Hall–Kier alpha value is -0.340. The monoisotopic (exact) mass is 239 g/mol. The molecule has 0 aliphatic heterocycles. The molecule has 2 nitrogen and oxygen atoms in total. The Morgan fingerprint density at radius 1 is 1.35 bits per heavy atom. The molecular formula is C15H29NO. The standard InChI is InChI=1S/C15H29NO/c1-13(2)10-15(8-9-17)12-16-11-14-6-4-3-5-7-14/h3-4,13-17H,5-12H2,1-2H3. The molecule has 100 valence electrons. The van der Waals surface area contributed by atoms with Crippen LogP contribution in [-0.4, -0.2) is 24.8 Å². The quantitative estimate of drug-likeness (QED) is 0.638. The number of hydrogen-bond acceptors (Lipinski definition) is 2. The molecule has 0 saturated carbocycles. The number of allylic oxidation sites excluding steroid dienone is 2. The first kappa shape index (κ1) is 14.7. The number of aliphatic hydroxyl groups excluding tert-OH is 1. The summed E-state index contributed by atoms with van der Waals surface area (Å²) in [7, 11) is 0. The van der Waals surface area contributed by atoms with Crippen LogP contribution in [0.15, 0.2) is 12.2 Å². The van der Waals surface area contributed by atoms with Gasteiger partial charge in [-0.05, 0) is 62.9 Å². The zero-order valence-electron chi connectivity index (χ0n) is 11.5. The summed E-state index contributed by atoms with van der Waals surface area (Å²) in [6.45, 7) is 7.06. The third kappa shape index (κ3) is 6.85. The highest BCUT2D eigenvalue weighted by Gasteiger charge is 2.13. The summed E-state index contributed by atoms with van der Waals surface area (Å²) in [5, 5.41) is 12.7. The Labute approximate surface area is 106 Å². The highest BCUT2D eigenvalue weighted by molar-refractivity contribution is 4.90. The van der Waals surface area contributed by atoms with Crippen molar-refractivity contribution in [2.45, 2.75) is 46.0 Å². The molecule has 1 aliphatic rings. The maximum Gasteiger partial charge on any atom is 0.0434 e. The van der Waals surface area contributed by atoms with E-state index in [4.69, 9.17) is 5.11 Å². The van der Waals surface area contributed by atoms with Gasteiger partial charge in [-0.3, -0.25) is 0 Å². The maximum atomic E-state index is 9.06. The lowest BCUT2D eigenvalue weighted by molar-refractivity contribution is 0.237. The minimum Gasteiger partial charge on any atom is -0.396 e. The highest BCUT2D eigenvalue weighted by atomic mass is 16.3.